The summed E-state index contributed by atoms with van der Waals surface area (Å²) in [5, 5.41) is 11.6. The van der Waals surface area contributed by atoms with Crippen LogP contribution in [-0.4, -0.2) is 29.8 Å². The molecule has 0 amide bonds. The van der Waals surface area contributed by atoms with Gasteiger partial charge in [-0.15, -0.1) is 5.10 Å². The molecule has 1 aliphatic rings. The van der Waals surface area contributed by atoms with Gasteiger partial charge in [0.25, 0.3) is 0 Å². The van der Waals surface area contributed by atoms with Crippen molar-refractivity contribution in [2.75, 3.05) is 24.5 Å². The van der Waals surface area contributed by atoms with E-state index in [2.05, 4.69) is 27.3 Å². The van der Waals surface area contributed by atoms with Crippen LogP contribution in [0.25, 0.3) is 0 Å². The average Bonchev–Trinajstić information content (AvgIpc) is 2.78. The van der Waals surface area contributed by atoms with E-state index in [1.807, 2.05) is 6.92 Å². The van der Waals surface area contributed by atoms with E-state index in [-0.39, 0.29) is 6.04 Å². The van der Waals surface area contributed by atoms with Crippen LogP contribution in [0.1, 0.15) is 57.9 Å². The summed E-state index contributed by atoms with van der Waals surface area (Å²) in [6.07, 6.45) is 6.43. The molecule has 0 saturated carbocycles. The third-order valence-corrected chi connectivity index (χ3v) is 3.44. The van der Waals surface area contributed by atoms with E-state index >= 15 is 0 Å². The fourth-order valence-corrected chi connectivity index (χ4v) is 2.36. The summed E-state index contributed by atoms with van der Waals surface area (Å²) in [7, 11) is 0. The lowest BCUT2D eigenvalue weighted by Crippen LogP contribution is -2.27. The maximum absolute atomic E-state index is 5.78. The van der Waals surface area contributed by atoms with Gasteiger partial charge in [0.15, 0.2) is 0 Å². The van der Waals surface area contributed by atoms with Crippen LogP contribution in [-0.2, 0) is 0 Å². The van der Waals surface area contributed by atoms with Gasteiger partial charge >= 0.3 is 6.01 Å². The average molecular weight is 252 g/mol. The minimum absolute atomic E-state index is 0.131. The quantitative estimate of drug-likeness (QED) is 0.892. The molecule has 1 aliphatic heterocycles. The third kappa shape index (κ3) is 3.45. The number of hydrogen-bond donors (Lipinski definition) is 1. The Hall–Kier alpha value is -1.10. The molecule has 1 saturated heterocycles. The van der Waals surface area contributed by atoms with Crippen LogP contribution in [0, 0.1) is 0 Å². The van der Waals surface area contributed by atoms with Crippen molar-refractivity contribution in [2.45, 2.75) is 52.0 Å². The third-order valence-electron chi connectivity index (χ3n) is 3.44. The molecule has 2 heterocycles. The Labute approximate surface area is 109 Å². The van der Waals surface area contributed by atoms with Gasteiger partial charge in [-0.3, -0.25) is 0 Å². The van der Waals surface area contributed by atoms with Gasteiger partial charge in [0, 0.05) is 13.1 Å². The highest BCUT2D eigenvalue weighted by molar-refractivity contribution is 5.24. The van der Waals surface area contributed by atoms with E-state index in [0.29, 0.717) is 11.9 Å². The first-order chi connectivity index (χ1) is 8.81. The number of hydrogen-bond acceptors (Lipinski definition) is 5. The van der Waals surface area contributed by atoms with E-state index in [1.165, 1.54) is 32.1 Å². The zero-order valence-electron chi connectivity index (χ0n) is 11.5. The van der Waals surface area contributed by atoms with Gasteiger partial charge in [0.05, 0.1) is 6.04 Å². The highest BCUT2D eigenvalue weighted by Gasteiger charge is 2.18. The van der Waals surface area contributed by atoms with Crippen LogP contribution >= 0.6 is 0 Å². The van der Waals surface area contributed by atoms with Gasteiger partial charge in [-0.1, -0.05) is 31.3 Å². The largest absolute Gasteiger partial charge is 0.406 e. The van der Waals surface area contributed by atoms with Crippen LogP contribution in [0.4, 0.5) is 6.01 Å². The summed E-state index contributed by atoms with van der Waals surface area (Å²) in [6.45, 7) is 7.11. The Morgan fingerprint density at radius 3 is 2.50 bits per heavy atom. The molecule has 1 atom stereocenters. The van der Waals surface area contributed by atoms with Crippen LogP contribution < -0.4 is 10.2 Å². The lowest BCUT2D eigenvalue weighted by molar-refractivity contribution is 0.413. The molecule has 0 spiro atoms. The summed E-state index contributed by atoms with van der Waals surface area (Å²) in [5.41, 5.74) is 0. The topological polar surface area (TPSA) is 54.2 Å². The Balaban J connectivity index is 1.98. The van der Waals surface area contributed by atoms with Gasteiger partial charge in [0.1, 0.15) is 0 Å². The Morgan fingerprint density at radius 1 is 1.17 bits per heavy atom. The highest BCUT2D eigenvalue weighted by atomic mass is 16.4. The number of aromatic nitrogens is 2. The number of nitrogens with one attached hydrogen (secondary N) is 1. The van der Waals surface area contributed by atoms with Gasteiger partial charge in [-0.05, 0) is 26.3 Å². The number of anilines is 1. The molecule has 1 aromatic rings. The second-order valence-corrected chi connectivity index (χ2v) is 4.96. The molecule has 102 valence electrons. The van der Waals surface area contributed by atoms with E-state index < -0.39 is 0 Å². The van der Waals surface area contributed by atoms with E-state index in [1.54, 1.807) is 0 Å². The molecule has 0 aromatic carbocycles. The lowest BCUT2D eigenvalue weighted by atomic mass is 10.1. The van der Waals surface area contributed by atoms with Crippen molar-refractivity contribution >= 4 is 6.01 Å². The zero-order valence-corrected chi connectivity index (χ0v) is 11.5. The summed E-state index contributed by atoms with van der Waals surface area (Å²) in [6, 6.07) is 0.822. The minimum atomic E-state index is 0.131. The van der Waals surface area contributed by atoms with Crippen molar-refractivity contribution in [3.05, 3.63) is 5.89 Å². The van der Waals surface area contributed by atoms with Gasteiger partial charge in [0.2, 0.25) is 5.89 Å². The molecule has 0 radical (unpaired) electrons. The molecule has 1 N–H and O–H groups in total. The summed E-state index contributed by atoms with van der Waals surface area (Å²) in [5.74, 6) is 0.689. The highest BCUT2D eigenvalue weighted by Crippen LogP contribution is 2.20. The summed E-state index contributed by atoms with van der Waals surface area (Å²) < 4.78 is 5.78. The maximum atomic E-state index is 5.78. The van der Waals surface area contributed by atoms with Gasteiger partial charge in [-0.25, -0.2) is 0 Å². The van der Waals surface area contributed by atoms with Crippen molar-refractivity contribution < 1.29 is 4.42 Å². The predicted molar refractivity (Wildman–Crippen MR) is 71.7 cm³/mol. The Kier molecular flexibility index (Phi) is 4.99. The van der Waals surface area contributed by atoms with Crippen molar-refractivity contribution in [1.29, 1.82) is 0 Å². The SMILES string of the molecule is CCNC(C)c1nnc(N2CCCCCCC2)o1. The lowest BCUT2D eigenvalue weighted by Gasteiger charge is -2.22. The molecule has 1 unspecified atom stereocenters. The Bertz CT molecular complexity index is 345. The smallest absolute Gasteiger partial charge is 0.318 e. The van der Waals surface area contributed by atoms with E-state index in [4.69, 9.17) is 4.42 Å². The normalized spacial score (nSPS) is 19.3. The first-order valence-corrected chi connectivity index (χ1v) is 7.13. The summed E-state index contributed by atoms with van der Waals surface area (Å²) in [4.78, 5) is 2.23. The molecule has 18 heavy (non-hydrogen) atoms. The van der Waals surface area contributed by atoms with Crippen LogP contribution in [0.15, 0.2) is 4.42 Å². The maximum Gasteiger partial charge on any atom is 0.318 e. The molecule has 5 heteroatoms. The fraction of sp³-hybridized carbons (Fsp3) is 0.846. The number of nitrogens with zero attached hydrogens (tertiary/aromatic N) is 3. The van der Waals surface area contributed by atoms with Crippen LogP contribution in [0.5, 0.6) is 0 Å². The second-order valence-electron chi connectivity index (χ2n) is 4.96. The van der Waals surface area contributed by atoms with E-state index in [9.17, 15) is 0 Å². The standard InChI is InChI=1S/C13H24N4O/c1-3-14-11(2)12-15-16-13(18-12)17-9-7-5-4-6-8-10-17/h11,14H,3-10H2,1-2H3. The van der Waals surface area contributed by atoms with Gasteiger partial charge < -0.3 is 14.6 Å². The van der Waals surface area contributed by atoms with Crippen molar-refractivity contribution in [3.8, 4) is 0 Å². The zero-order chi connectivity index (χ0) is 12.8. The van der Waals surface area contributed by atoms with Crippen molar-refractivity contribution in [3.63, 3.8) is 0 Å². The van der Waals surface area contributed by atoms with Crippen molar-refractivity contribution in [1.82, 2.24) is 15.5 Å². The second kappa shape index (κ2) is 6.73. The van der Waals surface area contributed by atoms with E-state index in [0.717, 1.165) is 19.6 Å². The molecule has 2 rings (SSSR count). The molecule has 1 fully saturated rings. The molecular weight excluding hydrogens is 228 g/mol. The Morgan fingerprint density at radius 2 is 1.83 bits per heavy atom. The van der Waals surface area contributed by atoms with Crippen LogP contribution in [0.2, 0.25) is 0 Å². The first-order valence-electron chi connectivity index (χ1n) is 7.13. The fourth-order valence-electron chi connectivity index (χ4n) is 2.36. The molecule has 0 bridgehead atoms. The summed E-state index contributed by atoms with van der Waals surface area (Å²) >= 11 is 0. The molecule has 5 nitrogen and oxygen atoms in total. The van der Waals surface area contributed by atoms with Crippen LogP contribution in [0.3, 0.4) is 0 Å². The monoisotopic (exact) mass is 252 g/mol. The first kappa shape index (κ1) is 13.3. The molecule has 0 aliphatic carbocycles. The van der Waals surface area contributed by atoms with Crippen molar-refractivity contribution in [2.24, 2.45) is 0 Å². The predicted octanol–water partition coefficient (Wildman–Crippen LogP) is 2.51. The van der Waals surface area contributed by atoms with Gasteiger partial charge in [-0.2, -0.15) is 0 Å². The number of rotatable bonds is 4. The molecular formula is C13H24N4O. The minimum Gasteiger partial charge on any atom is -0.406 e. The molecule has 1 aromatic heterocycles.